The molecule has 0 aromatic carbocycles. The number of nitrogens with one attached hydrogen (secondary N) is 1. The highest BCUT2D eigenvalue weighted by atomic mass is 16.1. The second-order valence-corrected chi connectivity index (χ2v) is 6.01. The molecule has 0 fully saturated rings. The average molecular weight is 312 g/mol. The number of imidazole rings is 1. The van der Waals surface area contributed by atoms with Crippen LogP contribution in [0.15, 0.2) is 37.1 Å². The van der Waals surface area contributed by atoms with E-state index in [9.17, 15) is 4.79 Å². The number of fused-ring (bicyclic) bond motifs is 1. The van der Waals surface area contributed by atoms with Gasteiger partial charge < -0.3 is 9.72 Å². The number of carbonyl (C=O) groups is 1. The number of rotatable bonds is 5. The quantitative estimate of drug-likeness (QED) is 0.781. The third kappa shape index (κ3) is 3.23. The molecule has 0 saturated heterocycles. The standard InChI is InChI=1S/C16H20N6O/c1-11(2)8-13(15-18-10-19-21(15)3)20-16(23)12-4-5-14-17-6-7-22(14)9-12/h4-7,9-11,13H,8H2,1-3H3,(H,20,23). The number of aryl methyl sites for hydroxylation is 1. The lowest BCUT2D eigenvalue weighted by Gasteiger charge is -2.20. The molecule has 1 amide bonds. The van der Waals surface area contributed by atoms with Gasteiger partial charge >= 0.3 is 0 Å². The summed E-state index contributed by atoms with van der Waals surface area (Å²) in [5, 5.41) is 7.17. The SMILES string of the molecule is CC(C)CC(NC(=O)c1ccc2nccn2c1)c1ncnn1C. The number of aromatic nitrogens is 5. The number of hydrogen-bond acceptors (Lipinski definition) is 4. The van der Waals surface area contributed by atoms with Crippen LogP contribution in [0.4, 0.5) is 0 Å². The highest BCUT2D eigenvalue weighted by Gasteiger charge is 2.21. The van der Waals surface area contributed by atoms with E-state index in [2.05, 4.69) is 34.2 Å². The molecule has 0 saturated carbocycles. The van der Waals surface area contributed by atoms with Gasteiger partial charge in [-0.1, -0.05) is 13.8 Å². The summed E-state index contributed by atoms with van der Waals surface area (Å²) in [6.45, 7) is 4.24. The van der Waals surface area contributed by atoms with E-state index in [0.29, 0.717) is 11.5 Å². The van der Waals surface area contributed by atoms with Crippen molar-refractivity contribution < 1.29 is 4.79 Å². The van der Waals surface area contributed by atoms with Gasteiger partial charge in [0.1, 0.15) is 17.8 Å². The fourth-order valence-electron chi connectivity index (χ4n) is 2.62. The molecule has 0 aliphatic heterocycles. The van der Waals surface area contributed by atoms with Crippen molar-refractivity contribution in [2.24, 2.45) is 13.0 Å². The van der Waals surface area contributed by atoms with Gasteiger partial charge in [0.2, 0.25) is 0 Å². The number of nitrogens with zero attached hydrogens (tertiary/aromatic N) is 5. The normalized spacial score (nSPS) is 12.7. The van der Waals surface area contributed by atoms with E-state index >= 15 is 0 Å². The van der Waals surface area contributed by atoms with Crippen LogP contribution in [0.1, 0.15) is 42.5 Å². The van der Waals surface area contributed by atoms with E-state index in [-0.39, 0.29) is 11.9 Å². The molecule has 120 valence electrons. The lowest BCUT2D eigenvalue weighted by atomic mass is 10.0. The van der Waals surface area contributed by atoms with Gasteiger partial charge in [-0.15, -0.1) is 0 Å². The first kappa shape index (κ1) is 15.2. The van der Waals surface area contributed by atoms with E-state index < -0.39 is 0 Å². The second kappa shape index (κ2) is 6.20. The maximum absolute atomic E-state index is 12.6. The van der Waals surface area contributed by atoms with Crippen LogP contribution in [0.25, 0.3) is 5.65 Å². The Morgan fingerprint density at radius 2 is 2.13 bits per heavy atom. The number of pyridine rings is 1. The zero-order valence-electron chi connectivity index (χ0n) is 13.5. The summed E-state index contributed by atoms with van der Waals surface area (Å²) >= 11 is 0. The number of carbonyl (C=O) groups excluding carboxylic acids is 1. The summed E-state index contributed by atoms with van der Waals surface area (Å²) in [4.78, 5) is 21.1. The molecule has 1 unspecified atom stereocenters. The molecule has 1 atom stereocenters. The molecule has 7 heteroatoms. The van der Waals surface area contributed by atoms with Gasteiger partial charge in [0, 0.05) is 25.6 Å². The highest BCUT2D eigenvalue weighted by Crippen LogP contribution is 2.19. The lowest BCUT2D eigenvalue weighted by Crippen LogP contribution is -2.31. The van der Waals surface area contributed by atoms with Crippen molar-refractivity contribution in [3.63, 3.8) is 0 Å². The van der Waals surface area contributed by atoms with E-state index in [1.165, 1.54) is 6.33 Å². The van der Waals surface area contributed by atoms with E-state index in [1.54, 1.807) is 23.1 Å². The number of amides is 1. The minimum Gasteiger partial charge on any atom is -0.342 e. The first-order valence-corrected chi connectivity index (χ1v) is 7.62. The Kier molecular flexibility index (Phi) is 4.10. The van der Waals surface area contributed by atoms with Gasteiger partial charge in [-0.2, -0.15) is 5.10 Å². The van der Waals surface area contributed by atoms with Crippen molar-refractivity contribution in [2.45, 2.75) is 26.3 Å². The largest absolute Gasteiger partial charge is 0.342 e. The van der Waals surface area contributed by atoms with Crippen LogP contribution in [0.3, 0.4) is 0 Å². The molecule has 3 aromatic heterocycles. The maximum atomic E-state index is 12.6. The van der Waals surface area contributed by atoms with Crippen molar-refractivity contribution in [3.05, 3.63) is 48.4 Å². The molecule has 1 N–H and O–H groups in total. The predicted molar refractivity (Wildman–Crippen MR) is 85.9 cm³/mol. The van der Waals surface area contributed by atoms with Crippen LogP contribution in [-0.4, -0.2) is 30.1 Å². The van der Waals surface area contributed by atoms with Crippen LogP contribution < -0.4 is 5.32 Å². The van der Waals surface area contributed by atoms with Crippen molar-refractivity contribution >= 4 is 11.6 Å². The van der Waals surface area contributed by atoms with Crippen molar-refractivity contribution in [1.29, 1.82) is 0 Å². The van der Waals surface area contributed by atoms with E-state index in [1.807, 2.05) is 23.7 Å². The minimum absolute atomic E-state index is 0.130. The summed E-state index contributed by atoms with van der Waals surface area (Å²) in [6, 6.07) is 3.43. The Bertz CT molecular complexity index is 819. The fraction of sp³-hybridized carbons (Fsp3) is 0.375. The van der Waals surface area contributed by atoms with Crippen molar-refractivity contribution in [3.8, 4) is 0 Å². The van der Waals surface area contributed by atoms with Crippen molar-refractivity contribution in [1.82, 2.24) is 29.5 Å². The van der Waals surface area contributed by atoms with Gasteiger partial charge in [-0.05, 0) is 24.5 Å². The van der Waals surface area contributed by atoms with Gasteiger partial charge in [-0.25, -0.2) is 9.97 Å². The summed E-state index contributed by atoms with van der Waals surface area (Å²) in [5.41, 5.74) is 1.40. The Labute approximate surface area is 134 Å². The molecule has 0 aliphatic carbocycles. The molecule has 0 spiro atoms. The fourth-order valence-corrected chi connectivity index (χ4v) is 2.62. The smallest absolute Gasteiger partial charge is 0.253 e. The average Bonchev–Trinajstić information content (AvgIpc) is 3.13. The first-order chi connectivity index (χ1) is 11.0. The monoisotopic (exact) mass is 312 g/mol. The molecular weight excluding hydrogens is 292 g/mol. The van der Waals surface area contributed by atoms with Crippen LogP contribution >= 0.6 is 0 Å². The van der Waals surface area contributed by atoms with Gasteiger partial charge in [0.05, 0.1) is 11.6 Å². The van der Waals surface area contributed by atoms with Crippen LogP contribution in [0, 0.1) is 5.92 Å². The second-order valence-electron chi connectivity index (χ2n) is 6.01. The minimum atomic E-state index is -0.173. The zero-order valence-corrected chi connectivity index (χ0v) is 13.5. The molecule has 23 heavy (non-hydrogen) atoms. The molecule has 3 aromatic rings. The highest BCUT2D eigenvalue weighted by molar-refractivity contribution is 5.94. The zero-order chi connectivity index (χ0) is 16.4. The Hall–Kier alpha value is -2.70. The molecule has 0 bridgehead atoms. The molecular formula is C16H20N6O. The van der Waals surface area contributed by atoms with Crippen LogP contribution in [0.5, 0.6) is 0 Å². The third-order valence-corrected chi connectivity index (χ3v) is 3.72. The summed E-state index contributed by atoms with van der Waals surface area (Å²) in [7, 11) is 1.83. The molecule has 3 heterocycles. The van der Waals surface area contributed by atoms with E-state index in [0.717, 1.165) is 17.9 Å². The molecule has 0 radical (unpaired) electrons. The topological polar surface area (TPSA) is 77.1 Å². The van der Waals surface area contributed by atoms with Gasteiger partial charge in [0.15, 0.2) is 0 Å². The summed E-state index contributed by atoms with van der Waals surface area (Å²) in [5.74, 6) is 1.05. The predicted octanol–water partition coefficient (Wildman–Crippen LogP) is 1.98. The van der Waals surface area contributed by atoms with Gasteiger partial charge in [0.25, 0.3) is 5.91 Å². The Balaban J connectivity index is 1.83. The Morgan fingerprint density at radius 1 is 1.30 bits per heavy atom. The van der Waals surface area contributed by atoms with Gasteiger partial charge in [-0.3, -0.25) is 9.48 Å². The summed E-state index contributed by atoms with van der Waals surface area (Å²) < 4.78 is 3.53. The Morgan fingerprint density at radius 3 is 2.83 bits per heavy atom. The third-order valence-electron chi connectivity index (χ3n) is 3.72. The van der Waals surface area contributed by atoms with Crippen LogP contribution in [0.2, 0.25) is 0 Å². The molecule has 3 rings (SSSR count). The van der Waals surface area contributed by atoms with Crippen molar-refractivity contribution in [2.75, 3.05) is 0 Å². The maximum Gasteiger partial charge on any atom is 0.253 e. The molecule has 7 nitrogen and oxygen atoms in total. The van der Waals surface area contributed by atoms with Crippen LogP contribution in [-0.2, 0) is 7.05 Å². The number of hydrogen-bond donors (Lipinski definition) is 1. The first-order valence-electron chi connectivity index (χ1n) is 7.62. The lowest BCUT2D eigenvalue weighted by molar-refractivity contribution is 0.0928. The van der Waals surface area contributed by atoms with E-state index in [4.69, 9.17) is 0 Å². The molecule has 0 aliphatic rings. The summed E-state index contributed by atoms with van der Waals surface area (Å²) in [6.07, 6.45) is 7.61.